The van der Waals surface area contributed by atoms with Crippen LogP contribution >= 0.6 is 27.7 Å². The van der Waals surface area contributed by atoms with Crippen molar-refractivity contribution in [3.8, 4) is 0 Å². The predicted octanol–water partition coefficient (Wildman–Crippen LogP) is 2.13. The molecule has 19 heavy (non-hydrogen) atoms. The van der Waals surface area contributed by atoms with Gasteiger partial charge in [-0.25, -0.2) is 0 Å². The molecule has 1 aromatic heterocycles. The van der Waals surface area contributed by atoms with E-state index in [4.69, 9.17) is 10.9 Å². The molecule has 0 radical (unpaired) electrons. The van der Waals surface area contributed by atoms with Crippen LogP contribution in [-0.4, -0.2) is 25.8 Å². The van der Waals surface area contributed by atoms with Gasteiger partial charge in [-0.2, -0.15) is 0 Å². The first-order chi connectivity index (χ1) is 9.02. The summed E-state index contributed by atoms with van der Waals surface area (Å²) in [6, 6.07) is 5.56. The van der Waals surface area contributed by atoms with Crippen LogP contribution in [0.4, 0.5) is 0 Å². The minimum absolute atomic E-state index is 0.0675. The van der Waals surface area contributed by atoms with Crippen molar-refractivity contribution in [2.24, 2.45) is 17.9 Å². The summed E-state index contributed by atoms with van der Waals surface area (Å²) in [6.07, 6.45) is 0. The molecule has 0 atom stereocenters. The van der Waals surface area contributed by atoms with Gasteiger partial charge >= 0.3 is 0 Å². The molecule has 1 heterocycles. The molecule has 0 saturated heterocycles. The number of hydrogen-bond acceptors (Lipinski definition) is 5. The smallest absolute Gasteiger partial charge is 0.195 e. The summed E-state index contributed by atoms with van der Waals surface area (Å²) < 4.78 is 2.67. The number of aromatic nitrogens is 3. The molecule has 0 bridgehead atoms. The van der Waals surface area contributed by atoms with Crippen molar-refractivity contribution in [2.75, 3.05) is 0 Å². The van der Waals surface area contributed by atoms with Gasteiger partial charge in [-0.3, -0.25) is 0 Å². The first-order valence-corrected chi connectivity index (χ1v) is 6.95. The van der Waals surface area contributed by atoms with Gasteiger partial charge in [0, 0.05) is 22.0 Å². The Morgan fingerprint density at radius 3 is 2.74 bits per heavy atom. The van der Waals surface area contributed by atoms with Crippen LogP contribution in [0.25, 0.3) is 0 Å². The van der Waals surface area contributed by atoms with Gasteiger partial charge in [0.05, 0.1) is 0 Å². The Labute approximate surface area is 122 Å². The number of rotatable bonds is 3. The highest BCUT2D eigenvalue weighted by Gasteiger charge is 2.10. The molecule has 6 nitrogen and oxygen atoms in total. The van der Waals surface area contributed by atoms with Crippen molar-refractivity contribution in [1.29, 1.82) is 0 Å². The van der Waals surface area contributed by atoms with Crippen molar-refractivity contribution in [2.45, 2.75) is 17.0 Å². The van der Waals surface area contributed by atoms with E-state index in [1.165, 1.54) is 11.8 Å². The lowest BCUT2D eigenvalue weighted by molar-refractivity contribution is 0.318. The van der Waals surface area contributed by atoms with Gasteiger partial charge in [0.25, 0.3) is 0 Å². The lowest BCUT2D eigenvalue weighted by Crippen LogP contribution is -2.13. The summed E-state index contributed by atoms with van der Waals surface area (Å²) in [4.78, 5) is 0.983. The number of amidine groups is 1. The highest BCUT2D eigenvalue weighted by molar-refractivity contribution is 9.10. The zero-order valence-corrected chi connectivity index (χ0v) is 12.7. The molecule has 0 fully saturated rings. The topological polar surface area (TPSA) is 89.3 Å². The highest BCUT2D eigenvalue weighted by atomic mass is 79.9. The Balaban J connectivity index is 2.28. The van der Waals surface area contributed by atoms with Crippen molar-refractivity contribution < 1.29 is 5.21 Å². The Hall–Kier alpha value is -1.54. The highest BCUT2D eigenvalue weighted by Crippen LogP contribution is 2.29. The molecule has 2 rings (SSSR count). The van der Waals surface area contributed by atoms with Crippen molar-refractivity contribution in [1.82, 2.24) is 14.8 Å². The summed E-state index contributed by atoms with van der Waals surface area (Å²) in [5.74, 6) is 0.924. The van der Waals surface area contributed by atoms with Crippen LogP contribution in [0.1, 0.15) is 11.4 Å². The average molecular weight is 342 g/mol. The maximum absolute atomic E-state index is 8.67. The second-order valence-electron chi connectivity index (χ2n) is 3.82. The first kappa shape index (κ1) is 13.9. The summed E-state index contributed by atoms with van der Waals surface area (Å²) in [5, 5.41) is 20.5. The lowest BCUT2D eigenvalue weighted by atomic mass is 10.2. The maximum atomic E-state index is 8.67. The fraction of sp³-hybridized carbons (Fsp3) is 0.182. The average Bonchev–Trinajstić information content (AvgIpc) is 2.70. The summed E-state index contributed by atoms with van der Waals surface area (Å²) in [5.41, 5.74) is 6.20. The van der Waals surface area contributed by atoms with E-state index < -0.39 is 0 Å². The number of nitrogens with two attached hydrogens (primary N) is 1. The van der Waals surface area contributed by atoms with Crippen LogP contribution < -0.4 is 5.73 Å². The second-order valence-corrected chi connectivity index (χ2v) is 5.71. The standard InChI is InChI=1S/C11H12BrN5OS/c1-6-14-15-11(17(6)2)19-7-3-4-8(9(12)5-7)10(13)16-18/h3-5,18H,1-2H3,(H2,13,16). The number of halogens is 1. The fourth-order valence-corrected chi connectivity index (χ4v) is 3.01. The third-order valence-electron chi connectivity index (χ3n) is 2.59. The van der Waals surface area contributed by atoms with Gasteiger partial charge in [0.2, 0.25) is 0 Å². The van der Waals surface area contributed by atoms with Crippen LogP contribution in [0.5, 0.6) is 0 Å². The number of hydrogen-bond donors (Lipinski definition) is 2. The number of oxime groups is 1. The Bertz CT molecular complexity index is 640. The molecular weight excluding hydrogens is 330 g/mol. The molecule has 100 valence electrons. The van der Waals surface area contributed by atoms with Crippen molar-refractivity contribution in [3.63, 3.8) is 0 Å². The van der Waals surface area contributed by atoms with E-state index in [0.717, 1.165) is 20.3 Å². The van der Waals surface area contributed by atoms with E-state index >= 15 is 0 Å². The fourth-order valence-electron chi connectivity index (χ4n) is 1.40. The summed E-state index contributed by atoms with van der Waals surface area (Å²) in [6.45, 7) is 1.90. The minimum Gasteiger partial charge on any atom is -0.409 e. The zero-order valence-electron chi connectivity index (χ0n) is 10.3. The molecular formula is C11H12BrN5OS. The number of aryl methyl sites for hydroxylation is 1. The molecule has 0 aliphatic rings. The van der Waals surface area contributed by atoms with Gasteiger partial charge < -0.3 is 15.5 Å². The van der Waals surface area contributed by atoms with E-state index in [0.29, 0.717) is 5.56 Å². The Kier molecular flexibility index (Phi) is 4.11. The largest absolute Gasteiger partial charge is 0.409 e. The van der Waals surface area contributed by atoms with Gasteiger partial charge in [0.1, 0.15) is 5.82 Å². The summed E-state index contributed by atoms with van der Waals surface area (Å²) in [7, 11) is 1.91. The van der Waals surface area contributed by atoms with Crippen molar-refractivity contribution >= 4 is 33.5 Å². The minimum atomic E-state index is 0.0675. The van der Waals surface area contributed by atoms with Gasteiger partial charge in [-0.05, 0) is 52.8 Å². The molecule has 2 aromatic rings. The molecule has 0 saturated carbocycles. The van der Waals surface area contributed by atoms with Crippen LogP contribution in [0.2, 0.25) is 0 Å². The normalized spacial score (nSPS) is 11.8. The van der Waals surface area contributed by atoms with Crippen LogP contribution in [0.3, 0.4) is 0 Å². The van der Waals surface area contributed by atoms with E-state index in [-0.39, 0.29) is 5.84 Å². The van der Waals surface area contributed by atoms with Crippen molar-refractivity contribution in [3.05, 3.63) is 34.1 Å². The third kappa shape index (κ3) is 2.90. The quantitative estimate of drug-likeness (QED) is 0.386. The molecule has 0 aliphatic heterocycles. The maximum Gasteiger partial charge on any atom is 0.195 e. The molecule has 3 N–H and O–H groups in total. The third-order valence-corrected chi connectivity index (χ3v) is 4.27. The predicted molar refractivity (Wildman–Crippen MR) is 76.5 cm³/mol. The SMILES string of the molecule is Cc1nnc(Sc2ccc(/C(N)=N/O)c(Br)c2)n1C. The molecule has 1 aromatic carbocycles. The molecule has 0 spiro atoms. The zero-order chi connectivity index (χ0) is 14.0. The van der Waals surface area contributed by atoms with Crippen LogP contribution in [0, 0.1) is 6.92 Å². The van der Waals surface area contributed by atoms with E-state index in [1.54, 1.807) is 6.07 Å². The van der Waals surface area contributed by atoms with E-state index in [9.17, 15) is 0 Å². The lowest BCUT2D eigenvalue weighted by Gasteiger charge is -2.06. The molecule has 0 unspecified atom stereocenters. The monoisotopic (exact) mass is 341 g/mol. The van der Waals surface area contributed by atoms with E-state index in [2.05, 4.69) is 31.3 Å². The second kappa shape index (κ2) is 5.62. The molecule has 0 aliphatic carbocycles. The summed E-state index contributed by atoms with van der Waals surface area (Å²) >= 11 is 4.89. The van der Waals surface area contributed by atoms with E-state index in [1.807, 2.05) is 30.7 Å². The Morgan fingerprint density at radius 2 is 2.21 bits per heavy atom. The van der Waals surface area contributed by atoms with Crippen LogP contribution in [0.15, 0.2) is 37.9 Å². The van der Waals surface area contributed by atoms with Gasteiger partial charge in [-0.1, -0.05) is 5.16 Å². The van der Waals surface area contributed by atoms with Gasteiger partial charge in [0.15, 0.2) is 11.0 Å². The Morgan fingerprint density at radius 1 is 1.47 bits per heavy atom. The van der Waals surface area contributed by atoms with Gasteiger partial charge in [-0.15, -0.1) is 10.2 Å². The van der Waals surface area contributed by atoms with Crippen LogP contribution in [-0.2, 0) is 7.05 Å². The first-order valence-electron chi connectivity index (χ1n) is 5.34. The molecule has 8 heteroatoms. The molecule has 0 amide bonds. The number of benzene rings is 1. The number of nitrogens with zero attached hydrogens (tertiary/aromatic N) is 4.